The largest absolute Gasteiger partial charge is 0.508 e. The van der Waals surface area contributed by atoms with Gasteiger partial charge in [0.2, 0.25) is 0 Å². The summed E-state index contributed by atoms with van der Waals surface area (Å²) >= 11 is 0. The van der Waals surface area contributed by atoms with E-state index >= 15 is 0 Å². The third-order valence-electron chi connectivity index (χ3n) is 4.32. The van der Waals surface area contributed by atoms with Crippen molar-refractivity contribution in [3.05, 3.63) is 89.5 Å². The molecule has 3 aromatic carbocycles. The van der Waals surface area contributed by atoms with E-state index in [9.17, 15) is 18.6 Å². The molecule has 2 radical (unpaired) electrons. The first-order valence-corrected chi connectivity index (χ1v) is 8.98. The number of hydrogen-bond donors (Lipinski definition) is 2. The van der Waals surface area contributed by atoms with Crippen LogP contribution < -0.4 is 0 Å². The average Bonchev–Trinajstić information content (AvgIpc) is 2.85. The number of rotatable bonds is 2. The summed E-state index contributed by atoms with van der Waals surface area (Å²) in [6.45, 7) is 0. The van der Waals surface area contributed by atoms with E-state index in [4.69, 9.17) is 4.18 Å². The van der Waals surface area contributed by atoms with Gasteiger partial charge < -0.3 is 10.2 Å². The summed E-state index contributed by atoms with van der Waals surface area (Å²) in [6.07, 6.45) is 0. The zero-order valence-corrected chi connectivity index (χ0v) is 19.8. The summed E-state index contributed by atoms with van der Waals surface area (Å²) in [5.41, 5.74) is 0.233. The first kappa shape index (κ1) is 22.5. The normalized spacial score (nSPS) is 15.9. The van der Waals surface area contributed by atoms with Crippen molar-refractivity contribution in [3.63, 3.8) is 0 Å². The van der Waals surface area contributed by atoms with Gasteiger partial charge in [-0.3, -0.25) is 0 Å². The zero-order valence-electron chi connectivity index (χ0n) is 15.0. The Morgan fingerprint density at radius 3 is 1.63 bits per heavy atom. The van der Waals surface area contributed by atoms with Gasteiger partial charge in [-0.1, -0.05) is 42.5 Å². The number of fused-ring (bicyclic) bond motifs is 1. The van der Waals surface area contributed by atoms with Crippen molar-refractivity contribution in [2.45, 2.75) is 10.5 Å². The van der Waals surface area contributed by atoms with Crippen LogP contribution in [0.4, 0.5) is 0 Å². The van der Waals surface area contributed by atoms with E-state index in [1.807, 2.05) is 0 Å². The maximum atomic E-state index is 12.6. The average molecular weight is 400 g/mol. The summed E-state index contributed by atoms with van der Waals surface area (Å²) in [4.78, 5) is 0.108. The van der Waals surface area contributed by atoms with Gasteiger partial charge in [0.05, 0.1) is 0 Å². The molecule has 0 amide bonds. The van der Waals surface area contributed by atoms with E-state index < -0.39 is 15.7 Å². The van der Waals surface area contributed by atoms with Crippen LogP contribution in [-0.2, 0) is 19.9 Å². The van der Waals surface area contributed by atoms with Crippen LogP contribution in [-0.4, -0.2) is 77.7 Å². The van der Waals surface area contributed by atoms with Crippen LogP contribution >= 0.6 is 0 Å². The molecule has 0 unspecified atom stereocenters. The standard InChI is InChI=1S/C19H14O5S.2Na/c20-15-9-5-13(6-10-15)19(14-7-11-16(21)12-8-14)17-3-1-2-4-18(17)25(22,23)24-19;;/h1-12,20-21H;;. The molecule has 0 aromatic heterocycles. The van der Waals surface area contributed by atoms with Gasteiger partial charge in [0.15, 0.2) is 5.60 Å². The molecule has 0 aliphatic carbocycles. The van der Waals surface area contributed by atoms with Crippen molar-refractivity contribution in [2.75, 3.05) is 0 Å². The van der Waals surface area contributed by atoms with E-state index in [1.54, 1.807) is 42.5 Å². The van der Waals surface area contributed by atoms with Crippen molar-refractivity contribution in [2.24, 2.45) is 0 Å². The molecule has 3 aromatic rings. The number of aromatic hydroxyl groups is 2. The van der Waals surface area contributed by atoms with Crippen LogP contribution in [0.3, 0.4) is 0 Å². The van der Waals surface area contributed by atoms with Gasteiger partial charge in [-0.2, -0.15) is 8.42 Å². The van der Waals surface area contributed by atoms with Crippen molar-refractivity contribution >= 4 is 69.2 Å². The molecular formula is C19H14Na2O5S. The molecule has 5 nitrogen and oxygen atoms in total. The Morgan fingerprint density at radius 1 is 0.704 bits per heavy atom. The van der Waals surface area contributed by atoms with Crippen LogP contribution in [0.1, 0.15) is 16.7 Å². The Labute approximate surface area is 201 Å². The minimum absolute atomic E-state index is 0. The minimum Gasteiger partial charge on any atom is -0.508 e. The Kier molecular flexibility index (Phi) is 6.88. The summed E-state index contributed by atoms with van der Waals surface area (Å²) in [5.74, 6) is 0.137. The van der Waals surface area contributed by atoms with Crippen molar-refractivity contribution in [1.82, 2.24) is 0 Å². The number of phenols is 2. The fraction of sp³-hybridized carbons (Fsp3) is 0.0526. The van der Waals surface area contributed by atoms with Gasteiger partial charge in [0.25, 0.3) is 10.1 Å². The number of phenolic OH excluding ortho intramolecular Hbond substituents is 2. The van der Waals surface area contributed by atoms with Gasteiger partial charge in [0, 0.05) is 64.7 Å². The summed E-state index contributed by atoms with van der Waals surface area (Å²) < 4.78 is 30.9. The van der Waals surface area contributed by atoms with Crippen LogP contribution in [0, 0.1) is 0 Å². The molecule has 0 fully saturated rings. The predicted octanol–water partition coefficient (Wildman–Crippen LogP) is 2.35. The molecule has 0 spiro atoms. The molecule has 8 heteroatoms. The second-order valence-corrected chi connectivity index (χ2v) is 7.32. The Bertz CT molecular complexity index is 1000. The third kappa shape index (κ3) is 3.73. The van der Waals surface area contributed by atoms with Gasteiger partial charge in [-0.25, -0.2) is 4.18 Å². The van der Waals surface area contributed by atoms with E-state index in [2.05, 4.69) is 0 Å². The van der Waals surface area contributed by atoms with Crippen molar-refractivity contribution < 1.29 is 22.8 Å². The Balaban J connectivity index is 0.00000131. The summed E-state index contributed by atoms with van der Waals surface area (Å²) in [7, 11) is -3.95. The Morgan fingerprint density at radius 2 is 1.15 bits per heavy atom. The van der Waals surface area contributed by atoms with E-state index in [0.29, 0.717) is 16.7 Å². The molecule has 27 heavy (non-hydrogen) atoms. The molecule has 2 N–H and O–H groups in total. The fourth-order valence-corrected chi connectivity index (χ4v) is 4.62. The first-order valence-electron chi connectivity index (χ1n) is 7.58. The van der Waals surface area contributed by atoms with Crippen LogP contribution in [0.5, 0.6) is 11.5 Å². The molecule has 1 heterocycles. The van der Waals surface area contributed by atoms with Crippen LogP contribution in [0.2, 0.25) is 0 Å². The van der Waals surface area contributed by atoms with E-state index in [1.165, 1.54) is 30.3 Å². The van der Waals surface area contributed by atoms with E-state index in [0.717, 1.165) is 0 Å². The molecule has 0 bridgehead atoms. The number of benzene rings is 3. The maximum Gasteiger partial charge on any atom is 0.298 e. The number of hydrogen-bond acceptors (Lipinski definition) is 5. The quantitative estimate of drug-likeness (QED) is 0.510. The Hall–Kier alpha value is -0.830. The SMILES string of the molecule is O=S1(=O)OC(c2ccc(O)cc2)(c2ccc(O)cc2)c2ccccc21.[Na].[Na]. The zero-order chi connectivity index (χ0) is 17.7. The van der Waals surface area contributed by atoms with Gasteiger partial charge in [-0.05, 0) is 41.5 Å². The molecule has 0 saturated carbocycles. The molecule has 4 rings (SSSR count). The second kappa shape index (κ2) is 8.27. The summed E-state index contributed by atoms with van der Waals surface area (Å²) in [5, 5.41) is 19.2. The van der Waals surface area contributed by atoms with Crippen molar-refractivity contribution in [1.29, 1.82) is 0 Å². The molecule has 0 saturated heterocycles. The molecular weight excluding hydrogens is 386 g/mol. The third-order valence-corrected chi connectivity index (χ3v) is 5.68. The second-order valence-electron chi connectivity index (χ2n) is 5.81. The fourth-order valence-electron chi connectivity index (χ4n) is 3.20. The monoisotopic (exact) mass is 400 g/mol. The maximum absolute atomic E-state index is 12.6. The van der Waals surface area contributed by atoms with Gasteiger partial charge in [0.1, 0.15) is 16.4 Å². The van der Waals surface area contributed by atoms with Crippen molar-refractivity contribution in [3.8, 4) is 11.5 Å². The molecule has 0 atom stereocenters. The minimum atomic E-state index is -3.95. The molecule has 1 aliphatic heterocycles. The van der Waals surface area contributed by atoms with Gasteiger partial charge >= 0.3 is 0 Å². The molecule has 128 valence electrons. The first-order chi connectivity index (χ1) is 11.9. The van der Waals surface area contributed by atoms with Gasteiger partial charge in [-0.15, -0.1) is 0 Å². The van der Waals surface area contributed by atoms with Crippen LogP contribution in [0.25, 0.3) is 0 Å². The summed E-state index contributed by atoms with van der Waals surface area (Å²) in [6, 6.07) is 19.0. The smallest absolute Gasteiger partial charge is 0.298 e. The molecule has 1 aliphatic rings. The topological polar surface area (TPSA) is 83.8 Å². The predicted molar refractivity (Wildman–Crippen MR) is 102 cm³/mol. The van der Waals surface area contributed by atoms with E-state index in [-0.39, 0.29) is 75.5 Å². The van der Waals surface area contributed by atoms with Crippen LogP contribution in [0.15, 0.2) is 77.7 Å².